The lowest BCUT2D eigenvalue weighted by molar-refractivity contribution is 0.259. The van der Waals surface area contributed by atoms with Crippen LogP contribution in [0.2, 0.25) is 0 Å². The maximum Gasteiger partial charge on any atom is 0.00142 e. The van der Waals surface area contributed by atoms with Gasteiger partial charge in [0.25, 0.3) is 0 Å². The first kappa shape index (κ1) is 16.4. The number of hydrogen-bond donors (Lipinski definition) is 1. The predicted octanol–water partition coefficient (Wildman–Crippen LogP) is 5.43. The van der Waals surface area contributed by atoms with Gasteiger partial charge in [0.15, 0.2) is 0 Å². The van der Waals surface area contributed by atoms with E-state index in [2.05, 4.69) is 54.2 Å². The van der Waals surface area contributed by atoms with Crippen molar-refractivity contribution in [2.75, 3.05) is 0 Å². The highest BCUT2D eigenvalue weighted by Gasteiger charge is 2.19. The summed E-state index contributed by atoms with van der Waals surface area (Å²) in [7, 11) is 0. The minimum absolute atomic E-state index is 0.532. The fourth-order valence-electron chi connectivity index (χ4n) is 2.41. The minimum Gasteiger partial charge on any atom is -0.176 e. The van der Waals surface area contributed by atoms with E-state index in [4.69, 9.17) is 0 Å². The van der Waals surface area contributed by atoms with Gasteiger partial charge in [-0.25, -0.2) is 0 Å². The van der Waals surface area contributed by atoms with Crippen LogP contribution in [0, 0.1) is 23.7 Å². The van der Waals surface area contributed by atoms with Gasteiger partial charge in [-0.2, -0.15) is 12.6 Å². The Morgan fingerprint density at radius 1 is 0.875 bits per heavy atom. The maximum atomic E-state index is 4.55. The van der Waals surface area contributed by atoms with Gasteiger partial charge in [0.05, 0.1) is 0 Å². The van der Waals surface area contributed by atoms with Crippen LogP contribution in [-0.4, -0.2) is 5.25 Å². The normalized spacial score (nSPS) is 19.5. The second-order valence-electron chi connectivity index (χ2n) is 6.07. The van der Waals surface area contributed by atoms with Crippen LogP contribution in [0.5, 0.6) is 0 Å². The van der Waals surface area contributed by atoms with Gasteiger partial charge in [-0.05, 0) is 36.5 Å². The molecule has 0 heterocycles. The molecule has 0 aliphatic rings. The smallest absolute Gasteiger partial charge is 0.00142 e. The molecule has 1 heteroatoms. The lowest BCUT2D eigenvalue weighted by atomic mass is 9.80. The second-order valence-corrected chi connectivity index (χ2v) is 6.88. The second kappa shape index (κ2) is 8.44. The van der Waals surface area contributed by atoms with Gasteiger partial charge in [0, 0.05) is 5.25 Å². The highest BCUT2D eigenvalue weighted by Crippen LogP contribution is 2.29. The molecule has 0 radical (unpaired) electrons. The quantitative estimate of drug-likeness (QED) is 0.541. The molecule has 0 amide bonds. The van der Waals surface area contributed by atoms with E-state index in [0.717, 1.165) is 23.7 Å². The van der Waals surface area contributed by atoms with Crippen molar-refractivity contribution < 1.29 is 0 Å². The van der Waals surface area contributed by atoms with Crippen molar-refractivity contribution in [3.63, 3.8) is 0 Å². The highest BCUT2D eigenvalue weighted by molar-refractivity contribution is 7.80. The van der Waals surface area contributed by atoms with Crippen molar-refractivity contribution in [2.24, 2.45) is 23.7 Å². The van der Waals surface area contributed by atoms with Crippen molar-refractivity contribution in [2.45, 2.75) is 72.5 Å². The van der Waals surface area contributed by atoms with E-state index in [1.54, 1.807) is 0 Å². The Bertz CT molecular complexity index is 163. The van der Waals surface area contributed by atoms with E-state index in [-0.39, 0.29) is 0 Å². The van der Waals surface area contributed by atoms with Crippen LogP contribution in [0.25, 0.3) is 0 Å². The van der Waals surface area contributed by atoms with E-state index >= 15 is 0 Å². The molecule has 0 N–H and O–H groups in total. The molecule has 0 aromatic rings. The predicted molar refractivity (Wildman–Crippen MR) is 79.2 cm³/mol. The number of thiol groups is 1. The minimum atomic E-state index is 0.532. The van der Waals surface area contributed by atoms with E-state index in [1.165, 1.54) is 25.7 Å². The fraction of sp³-hybridized carbons (Fsp3) is 1.00. The zero-order valence-corrected chi connectivity index (χ0v) is 13.1. The molecule has 0 aromatic heterocycles. The van der Waals surface area contributed by atoms with Crippen LogP contribution in [0.15, 0.2) is 0 Å². The van der Waals surface area contributed by atoms with Crippen molar-refractivity contribution in [1.82, 2.24) is 0 Å². The Morgan fingerprint density at radius 3 is 1.81 bits per heavy atom. The molecule has 0 rings (SSSR count). The Balaban J connectivity index is 4.04. The first-order valence-corrected chi connectivity index (χ1v) is 7.58. The molecule has 0 bridgehead atoms. The van der Waals surface area contributed by atoms with Gasteiger partial charge < -0.3 is 0 Å². The average Bonchev–Trinajstić information content (AvgIpc) is 2.17. The molecule has 0 aliphatic heterocycles. The van der Waals surface area contributed by atoms with E-state index in [0.29, 0.717) is 5.25 Å². The monoisotopic (exact) mass is 244 g/mol. The fourth-order valence-corrected chi connectivity index (χ4v) is 2.54. The molecular formula is C15H32S. The van der Waals surface area contributed by atoms with Crippen molar-refractivity contribution in [3.8, 4) is 0 Å². The van der Waals surface area contributed by atoms with Crippen LogP contribution < -0.4 is 0 Å². The number of rotatable bonds is 8. The summed E-state index contributed by atoms with van der Waals surface area (Å²) in [5.41, 5.74) is 0. The standard InChI is InChI=1S/C15H32S/c1-7-15(9-8-11(2)3)13(5)10-12(4)14(6)16/h11-16H,7-10H2,1-6H3. The molecule has 0 saturated heterocycles. The maximum absolute atomic E-state index is 4.55. The lowest BCUT2D eigenvalue weighted by Crippen LogP contribution is -2.18. The van der Waals surface area contributed by atoms with Crippen LogP contribution in [0.3, 0.4) is 0 Å². The van der Waals surface area contributed by atoms with E-state index in [9.17, 15) is 0 Å². The van der Waals surface area contributed by atoms with Gasteiger partial charge in [-0.1, -0.05) is 54.4 Å². The SMILES string of the molecule is CCC(CCC(C)C)C(C)CC(C)C(C)S. The third-order valence-electron chi connectivity index (χ3n) is 4.01. The summed E-state index contributed by atoms with van der Waals surface area (Å²) in [6.07, 6.45) is 5.46. The molecule has 0 nitrogen and oxygen atoms in total. The molecule has 4 atom stereocenters. The largest absolute Gasteiger partial charge is 0.176 e. The van der Waals surface area contributed by atoms with Crippen molar-refractivity contribution >= 4 is 12.6 Å². The van der Waals surface area contributed by atoms with Crippen LogP contribution >= 0.6 is 12.6 Å². The third-order valence-corrected chi connectivity index (χ3v) is 4.52. The van der Waals surface area contributed by atoms with Crippen molar-refractivity contribution in [1.29, 1.82) is 0 Å². The summed E-state index contributed by atoms with van der Waals surface area (Å²) >= 11 is 4.55. The first-order valence-electron chi connectivity index (χ1n) is 7.06. The van der Waals surface area contributed by atoms with E-state index < -0.39 is 0 Å². The zero-order valence-electron chi connectivity index (χ0n) is 12.2. The summed E-state index contributed by atoms with van der Waals surface area (Å²) in [5.74, 6) is 3.36. The molecule has 0 saturated carbocycles. The summed E-state index contributed by atoms with van der Waals surface area (Å²) in [6.45, 7) is 14.0. The Morgan fingerprint density at radius 2 is 1.44 bits per heavy atom. The van der Waals surface area contributed by atoms with Crippen LogP contribution in [-0.2, 0) is 0 Å². The molecule has 98 valence electrons. The van der Waals surface area contributed by atoms with Gasteiger partial charge in [-0.3, -0.25) is 0 Å². The zero-order chi connectivity index (χ0) is 12.7. The van der Waals surface area contributed by atoms with Crippen molar-refractivity contribution in [3.05, 3.63) is 0 Å². The lowest BCUT2D eigenvalue weighted by Gasteiger charge is -2.27. The van der Waals surface area contributed by atoms with Gasteiger partial charge in [0.2, 0.25) is 0 Å². The molecule has 16 heavy (non-hydrogen) atoms. The average molecular weight is 244 g/mol. The molecule has 0 fully saturated rings. The third kappa shape index (κ3) is 6.83. The topological polar surface area (TPSA) is 0 Å². The summed E-state index contributed by atoms with van der Waals surface area (Å²) in [4.78, 5) is 0. The summed E-state index contributed by atoms with van der Waals surface area (Å²) < 4.78 is 0. The molecular weight excluding hydrogens is 212 g/mol. The Kier molecular flexibility index (Phi) is 8.63. The molecule has 0 aliphatic carbocycles. The van der Waals surface area contributed by atoms with Crippen LogP contribution in [0.1, 0.15) is 67.2 Å². The molecule has 0 aromatic carbocycles. The Hall–Kier alpha value is 0.350. The van der Waals surface area contributed by atoms with E-state index in [1.807, 2.05) is 0 Å². The molecule has 4 unspecified atom stereocenters. The molecule has 0 spiro atoms. The number of hydrogen-bond acceptors (Lipinski definition) is 1. The Labute approximate surface area is 109 Å². The highest BCUT2D eigenvalue weighted by atomic mass is 32.1. The van der Waals surface area contributed by atoms with Gasteiger partial charge >= 0.3 is 0 Å². The van der Waals surface area contributed by atoms with Gasteiger partial charge in [0.1, 0.15) is 0 Å². The van der Waals surface area contributed by atoms with Crippen LogP contribution in [0.4, 0.5) is 0 Å². The summed E-state index contributed by atoms with van der Waals surface area (Å²) in [6, 6.07) is 0. The summed E-state index contributed by atoms with van der Waals surface area (Å²) in [5, 5.41) is 0.532. The van der Waals surface area contributed by atoms with Gasteiger partial charge in [-0.15, -0.1) is 0 Å². The first-order chi connectivity index (χ1) is 7.38.